The summed E-state index contributed by atoms with van der Waals surface area (Å²) >= 11 is 1.54. The Morgan fingerprint density at radius 2 is 2.05 bits per heavy atom. The van der Waals surface area contributed by atoms with E-state index in [-0.39, 0.29) is 5.91 Å². The third kappa shape index (κ3) is 3.20. The fourth-order valence-corrected chi connectivity index (χ4v) is 3.74. The highest BCUT2D eigenvalue weighted by molar-refractivity contribution is 7.09. The molecule has 20 heavy (non-hydrogen) atoms. The van der Waals surface area contributed by atoms with Crippen LogP contribution in [0.2, 0.25) is 0 Å². The van der Waals surface area contributed by atoms with E-state index in [0.717, 1.165) is 37.4 Å². The summed E-state index contributed by atoms with van der Waals surface area (Å²) in [6.07, 6.45) is 5.41. The molecule has 2 N–H and O–H groups in total. The normalized spacial score (nSPS) is 18.2. The molecule has 2 rings (SSSR count). The highest BCUT2D eigenvalue weighted by Crippen LogP contribution is 2.38. The average Bonchev–Trinajstić information content (AvgIpc) is 2.96. The van der Waals surface area contributed by atoms with E-state index >= 15 is 0 Å². The topological polar surface area (TPSA) is 59.2 Å². The summed E-state index contributed by atoms with van der Waals surface area (Å²) in [6.45, 7) is 6.84. The number of hydrogen-bond donors (Lipinski definition) is 1. The van der Waals surface area contributed by atoms with E-state index in [1.807, 2.05) is 10.3 Å². The van der Waals surface area contributed by atoms with Crippen molar-refractivity contribution in [2.45, 2.75) is 46.0 Å². The Kier molecular flexibility index (Phi) is 5.16. The van der Waals surface area contributed by atoms with Crippen molar-refractivity contribution in [3.63, 3.8) is 0 Å². The van der Waals surface area contributed by atoms with Gasteiger partial charge in [-0.15, -0.1) is 11.3 Å². The van der Waals surface area contributed by atoms with Gasteiger partial charge in [0.2, 0.25) is 0 Å². The molecule has 1 fully saturated rings. The number of thiazole rings is 1. The van der Waals surface area contributed by atoms with Gasteiger partial charge in [-0.3, -0.25) is 4.79 Å². The number of hydrogen-bond acceptors (Lipinski definition) is 4. The molecule has 0 atom stereocenters. The molecule has 1 aliphatic rings. The minimum atomic E-state index is 0.0883. The second-order valence-electron chi connectivity index (χ2n) is 5.66. The zero-order valence-corrected chi connectivity index (χ0v) is 13.3. The molecule has 1 amide bonds. The van der Waals surface area contributed by atoms with E-state index in [1.54, 1.807) is 0 Å². The number of carbonyl (C=O) groups is 1. The van der Waals surface area contributed by atoms with Crippen LogP contribution in [0.1, 0.15) is 55.0 Å². The lowest BCUT2D eigenvalue weighted by Crippen LogP contribution is -2.42. The molecule has 4 nitrogen and oxygen atoms in total. The van der Waals surface area contributed by atoms with Gasteiger partial charge in [0.1, 0.15) is 5.69 Å². The first kappa shape index (κ1) is 15.4. The summed E-state index contributed by atoms with van der Waals surface area (Å²) in [4.78, 5) is 18.8. The first-order valence-electron chi connectivity index (χ1n) is 7.58. The Labute approximate surface area is 125 Å². The van der Waals surface area contributed by atoms with Crippen LogP contribution in [0.15, 0.2) is 5.38 Å². The maximum atomic E-state index is 12.4. The molecule has 0 saturated carbocycles. The summed E-state index contributed by atoms with van der Waals surface area (Å²) in [7, 11) is 0. The average molecular weight is 295 g/mol. The zero-order valence-electron chi connectivity index (χ0n) is 12.5. The van der Waals surface area contributed by atoms with E-state index in [2.05, 4.69) is 18.8 Å². The van der Waals surface area contributed by atoms with Gasteiger partial charge in [0.15, 0.2) is 0 Å². The van der Waals surface area contributed by atoms with Crippen molar-refractivity contribution in [2.75, 3.05) is 19.6 Å². The summed E-state index contributed by atoms with van der Waals surface area (Å²) in [5.74, 6) is 0.0883. The van der Waals surface area contributed by atoms with Gasteiger partial charge in [-0.1, -0.05) is 26.7 Å². The number of nitrogens with zero attached hydrogens (tertiary/aromatic N) is 2. The monoisotopic (exact) mass is 295 g/mol. The first-order valence-corrected chi connectivity index (χ1v) is 8.46. The second kappa shape index (κ2) is 6.68. The standard InChI is InChI=1S/C15H25N3OS/c1-3-15(4-2)6-9-18(10-7-15)14(19)12-11-20-13(17-12)5-8-16/h11H,3-10,16H2,1-2H3. The molecule has 1 saturated heterocycles. The molecular formula is C15H25N3OS. The van der Waals surface area contributed by atoms with Crippen molar-refractivity contribution in [3.05, 3.63) is 16.1 Å². The molecule has 1 aromatic heterocycles. The van der Waals surface area contributed by atoms with Gasteiger partial charge >= 0.3 is 0 Å². The van der Waals surface area contributed by atoms with Gasteiger partial charge in [-0.2, -0.15) is 0 Å². The van der Waals surface area contributed by atoms with Crippen LogP contribution in [0, 0.1) is 5.41 Å². The van der Waals surface area contributed by atoms with Crippen molar-refractivity contribution in [2.24, 2.45) is 11.1 Å². The number of nitrogens with two attached hydrogens (primary N) is 1. The molecule has 0 aliphatic carbocycles. The minimum absolute atomic E-state index is 0.0883. The largest absolute Gasteiger partial charge is 0.337 e. The molecular weight excluding hydrogens is 270 g/mol. The maximum Gasteiger partial charge on any atom is 0.273 e. The van der Waals surface area contributed by atoms with Gasteiger partial charge in [-0.05, 0) is 24.8 Å². The minimum Gasteiger partial charge on any atom is -0.337 e. The van der Waals surface area contributed by atoms with Crippen LogP contribution in [0.5, 0.6) is 0 Å². The fourth-order valence-electron chi connectivity index (χ4n) is 2.95. The number of aromatic nitrogens is 1. The van der Waals surface area contributed by atoms with Crippen molar-refractivity contribution in [1.29, 1.82) is 0 Å². The summed E-state index contributed by atoms with van der Waals surface area (Å²) < 4.78 is 0. The SMILES string of the molecule is CCC1(CC)CCN(C(=O)c2csc(CCN)n2)CC1. The van der Waals surface area contributed by atoms with Gasteiger partial charge in [0, 0.05) is 24.9 Å². The Bertz CT molecular complexity index is 444. The molecule has 1 aliphatic heterocycles. The quantitative estimate of drug-likeness (QED) is 0.908. The Morgan fingerprint density at radius 1 is 1.40 bits per heavy atom. The van der Waals surface area contributed by atoms with Crippen molar-refractivity contribution in [1.82, 2.24) is 9.88 Å². The summed E-state index contributed by atoms with van der Waals surface area (Å²) in [6, 6.07) is 0. The maximum absolute atomic E-state index is 12.4. The van der Waals surface area contributed by atoms with Crippen LogP contribution in [0.3, 0.4) is 0 Å². The van der Waals surface area contributed by atoms with Crippen molar-refractivity contribution >= 4 is 17.2 Å². The third-order valence-corrected chi connectivity index (χ3v) is 5.65. The Hall–Kier alpha value is -0.940. The molecule has 5 heteroatoms. The number of piperidine rings is 1. The van der Waals surface area contributed by atoms with E-state index in [9.17, 15) is 4.79 Å². The number of rotatable bonds is 5. The molecule has 112 valence electrons. The smallest absolute Gasteiger partial charge is 0.273 e. The van der Waals surface area contributed by atoms with Crippen LogP contribution in [0.4, 0.5) is 0 Å². The Balaban J connectivity index is 1.97. The lowest BCUT2D eigenvalue weighted by Gasteiger charge is -2.40. The van der Waals surface area contributed by atoms with Crippen LogP contribution in [-0.2, 0) is 6.42 Å². The van der Waals surface area contributed by atoms with E-state index in [4.69, 9.17) is 5.73 Å². The lowest BCUT2D eigenvalue weighted by molar-refractivity contribution is 0.0553. The number of amides is 1. The molecule has 0 bridgehead atoms. The van der Waals surface area contributed by atoms with Crippen molar-refractivity contribution in [3.8, 4) is 0 Å². The molecule has 1 aromatic rings. The van der Waals surface area contributed by atoms with Crippen LogP contribution < -0.4 is 5.73 Å². The highest BCUT2D eigenvalue weighted by atomic mass is 32.1. The molecule has 0 unspecified atom stereocenters. The predicted octanol–water partition coefficient (Wildman–Crippen LogP) is 2.69. The van der Waals surface area contributed by atoms with Crippen LogP contribution in [-0.4, -0.2) is 35.4 Å². The van der Waals surface area contributed by atoms with Gasteiger partial charge in [0.05, 0.1) is 5.01 Å². The van der Waals surface area contributed by atoms with Gasteiger partial charge in [0.25, 0.3) is 5.91 Å². The Morgan fingerprint density at radius 3 is 2.60 bits per heavy atom. The lowest BCUT2D eigenvalue weighted by atomic mass is 9.74. The highest BCUT2D eigenvalue weighted by Gasteiger charge is 2.33. The van der Waals surface area contributed by atoms with Crippen molar-refractivity contribution < 1.29 is 4.79 Å². The van der Waals surface area contributed by atoms with E-state index in [1.165, 1.54) is 24.2 Å². The summed E-state index contributed by atoms with van der Waals surface area (Å²) in [5.41, 5.74) is 6.56. The zero-order chi connectivity index (χ0) is 14.6. The third-order valence-electron chi connectivity index (χ3n) is 4.74. The van der Waals surface area contributed by atoms with Gasteiger partial charge in [-0.25, -0.2) is 4.98 Å². The molecule has 2 heterocycles. The van der Waals surface area contributed by atoms with Gasteiger partial charge < -0.3 is 10.6 Å². The first-order chi connectivity index (χ1) is 9.64. The molecule has 0 radical (unpaired) electrons. The predicted molar refractivity (Wildman–Crippen MR) is 83.0 cm³/mol. The van der Waals surface area contributed by atoms with E-state index in [0.29, 0.717) is 17.7 Å². The van der Waals surface area contributed by atoms with Crippen LogP contribution >= 0.6 is 11.3 Å². The second-order valence-corrected chi connectivity index (χ2v) is 6.61. The summed E-state index contributed by atoms with van der Waals surface area (Å²) in [5, 5.41) is 2.83. The van der Waals surface area contributed by atoms with Crippen LogP contribution in [0.25, 0.3) is 0 Å². The number of likely N-dealkylation sites (tertiary alicyclic amines) is 1. The fraction of sp³-hybridized carbons (Fsp3) is 0.733. The molecule has 0 spiro atoms. The van der Waals surface area contributed by atoms with E-state index < -0.39 is 0 Å². The molecule has 0 aromatic carbocycles. The number of carbonyl (C=O) groups excluding carboxylic acids is 1.